The number of methoxy groups -OCH3 is 1. The number of ether oxygens (including phenoxy) is 1. The zero-order chi connectivity index (χ0) is 16.1. The molecule has 2 rings (SSSR count). The van der Waals surface area contributed by atoms with Gasteiger partial charge in [-0.1, -0.05) is 6.92 Å². The number of hydrogen-bond acceptors (Lipinski definition) is 6. The van der Waals surface area contributed by atoms with Crippen LogP contribution in [-0.2, 0) is 22.8 Å². The molecule has 1 N–H and O–H groups in total. The van der Waals surface area contributed by atoms with Gasteiger partial charge in [0.25, 0.3) is 0 Å². The van der Waals surface area contributed by atoms with Gasteiger partial charge in [-0.15, -0.1) is 0 Å². The molecule has 10 heteroatoms. The molecule has 0 aliphatic carbocycles. The number of nitrogens with zero attached hydrogens (tertiary/aromatic N) is 5. The smallest absolute Gasteiger partial charge is 0.306 e. The summed E-state index contributed by atoms with van der Waals surface area (Å²) in [7, 11) is 1.55. The van der Waals surface area contributed by atoms with Gasteiger partial charge in [-0.2, -0.15) is 10.2 Å². The number of rotatable bonds is 7. The highest BCUT2D eigenvalue weighted by Crippen LogP contribution is 2.12. The number of anilines is 1. The number of nitro groups is 1. The molecule has 0 aromatic carbocycles. The topological polar surface area (TPSA) is 117 Å². The first-order valence-corrected chi connectivity index (χ1v) is 6.48. The molecule has 2 heterocycles. The molecule has 0 saturated carbocycles. The van der Waals surface area contributed by atoms with Gasteiger partial charge in [0.05, 0.1) is 35.5 Å². The van der Waals surface area contributed by atoms with Crippen LogP contribution in [0.1, 0.15) is 6.92 Å². The lowest BCUT2D eigenvalue weighted by Crippen LogP contribution is -2.24. The fourth-order valence-electron chi connectivity index (χ4n) is 1.81. The Labute approximate surface area is 125 Å². The van der Waals surface area contributed by atoms with Crippen LogP contribution < -0.4 is 5.32 Å². The van der Waals surface area contributed by atoms with E-state index in [-0.39, 0.29) is 18.1 Å². The Bertz CT molecular complexity index is 664. The van der Waals surface area contributed by atoms with Crippen molar-refractivity contribution in [2.24, 2.45) is 5.92 Å². The Kier molecular flexibility index (Phi) is 4.84. The second-order valence-electron chi connectivity index (χ2n) is 4.75. The fourth-order valence-corrected chi connectivity index (χ4v) is 1.81. The van der Waals surface area contributed by atoms with Gasteiger partial charge < -0.3 is 10.1 Å². The molecule has 0 aliphatic heterocycles. The highest BCUT2D eigenvalue weighted by Gasteiger charge is 2.17. The molecule has 0 radical (unpaired) electrons. The molecule has 118 valence electrons. The molecule has 2 aromatic heterocycles. The van der Waals surface area contributed by atoms with Crippen LogP contribution in [-0.4, -0.2) is 37.5 Å². The van der Waals surface area contributed by atoms with Gasteiger partial charge in [-0.05, 0) is 0 Å². The van der Waals surface area contributed by atoms with Crippen molar-refractivity contribution in [2.75, 3.05) is 12.4 Å². The number of carbonyl (C=O) groups excluding carboxylic acids is 1. The predicted molar refractivity (Wildman–Crippen MR) is 75.9 cm³/mol. The van der Waals surface area contributed by atoms with Gasteiger partial charge in [0.2, 0.25) is 5.91 Å². The Hall–Kier alpha value is -2.75. The van der Waals surface area contributed by atoms with Crippen LogP contribution in [0.4, 0.5) is 11.4 Å². The maximum absolute atomic E-state index is 12.1. The van der Waals surface area contributed by atoms with Crippen LogP contribution in [0.15, 0.2) is 24.8 Å². The first-order valence-electron chi connectivity index (χ1n) is 6.48. The Morgan fingerprint density at radius 3 is 2.77 bits per heavy atom. The zero-order valence-electron chi connectivity index (χ0n) is 12.2. The summed E-state index contributed by atoms with van der Waals surface area (Å²) in [6.45, 7) is 2.25. The van der Waals surface area contributed by atoms with E-state index in [1.165, 1.54) is 21.8 Å². The van der Waals surface area contributed by atoms with Gasteiger partial charge in [0, 0.05) is 7.11 Å². The second kappa shape index (κ2) is 6.80. The summed E-state index contributed by atoms with van der Waals surface area (Å²) in [6, 6.07) is 0. The predicted octanol–water partition coefficient (Wildman–Crippen LogP) is 0.866. The third-order valence-electron chi connectivity index (χ3n) is 2.90. The van der Waals surface area contributed by atoms with E-state index in [0.29, 0.717) is 12.4 Å². The average molecular weight is 308 g/mol. The lowest BCUT2D eigenvalue weighted by Gasteiger charge is -2.10. The molecule has 0 saturated heterocycles. The molecule has 0 spiro atoms. The molecule has 22 heavy (non-hydrogen) atoms. The molecule has 0 bridgehead atoms. The SMILES string of the molecule is COCn1cc(NC(=O)C(C)Cn2cc([N+](=O)[O-])cn2)cn1. The summed E-state index contributed by atoms with van der Waals surface area (Å²) < 4.78 is 7.83. The van der Waals surface area contributed by atoms with Crippen molar-refractivity contribution in [1.29, 1.82) is 0 Å². The van der Waals surface area contributed by atoms with E-state index in [1.807, 2.05) is 0 Å². The minimum Gasteiger partial charge on any atom is -0.362 e. The normalized spacial score (nSPS) is 12.1. The Morgan fingerprint density at radius 1 is 1.41 bits per heavy atom. The van der Waals surface area contributed by atoms with Gasteiger partial charge in [-0.3, -0.25) is 19.6 Å². The minimum absolute atomic E-state index is 0.103. The van der Waals surface area contributed by atoms with Crippen LogP contribution >= 0.6 is 0 Å². The standard InChI is InChI=1S/C12H16N6O4/c1-9(5-16-7-11(4-14-16)18(20)21)12(19)15-10-3-13-17(6-10)8-22-2/h3-4,6-7,9H,5,8H2,1-2H3,(H,15,19). The molecular formula is C12H16N6O4. The summed E-state index contributed by atoms with van der Waals surface area (Å²) >= 11 is 0. The molecule has 0 fully saturated rings. The summed E-state index contributed by atoms with van der Waals surface area (Å²) in [5.41, 5.74) is 0.453. The van der Waals surface area contributed by atoms with Gasteiger partial charge in [-0.25, -0.2) is 4.68 Å². The van der Waals surface area contributed by atoms with E-state index >= 15 is 0 Å². The third kappa shape index (κ3) is 3.88. The van der Waals surface area contributed by atoms with Crippen LogP contribution in [0.2, 0.25) is 0 Å². The summed E-state index contributed by atoms with van der Waals surface area (Å²) in [6.07, 6.45) is 5.61. The van der Waals surface area contributed by atoms with Crippen molar-refractivity contribution in [3.8, 4) is 0 Å². The molecule has 2 aromatic rings. The van der Waals surface area contributed by atoms with E-state index in [2.05, 4.69) is 15.5 Å². The summed E-state index contributed by atoms with van der Waals surface area (Å²) in [5.74, 6) is -0.639. The number of nitrogens with one attached hydrogen (secondary N) is 1. The van der Waals surface area contributed by atoms with E-state index < -0.39 is 10.8 Å². The number of hydrogen-bond donors (Lipinski definition) is 1. The Morgan fingerprint density at radius 2 is 2.14 bits per heavy atom. The largest absolute Gasteiger partial charge is 0.362 e. The zero-order valence-corrected chi connectivity index (χ0v) is 12.2. The number of carbonyl (C=O) groups is 1. The third-order valence-corrected chi connectivity index (χ3v) is 2.90. The van der Waals surface area contributed by atoms with Crippen LogP contribution in [0.25, 0.3) is 0 Å². The fraction of sp³-hybridized carbons (Fsp3) is 0.417. The maximum atomic E-state index is 12.1. The van der Waals surface area contributed by atoms with Crippen molar-refractivity contribution in [3.63, 3.8) is 0 Å². The van der Waals surface area contributed by atoms with Crippen LogP contribution in [0.3, 0.4) is 0 Å². The second-order valence-corrected chi connectivity index (χ2v) is 4.75. The Balaban J connectivity index is 1.91. The first kappa shape index (κ1) is 15.6. The summed E-state index contributed by atoms with van der Waals surface area (Å²) in [5, 5.41) is 21.2. The summed E-state index contributed by atoms with van der Waals surface area (Å²) in [4.78, 5) is 22.1. The monoisotopic (exact) mass is 308 g/mol. The maximum Gasteiger partial charge on any atom is 0.306 e. The minimum atomic E-state index is -0.529. The lowest BCUT2D eigenvalue weighted by atomic mass is 10.1. The van der Waals surface area contributed by atoms with Crippen molar-refractivity contribution in [2.45, 2.75) is 20.2 Å². The molecule has 0 aliphatic rings. The molecule has 10 nitrogen and oxygen atoms in total. The van der Waals surface area contributed by atoms with Crippen molar-refractivity contribution < 1.29 is 14.5 Å². The van der Waals surface area contributed by atoms with Gasteiger partial charge in [0.15, 0.2) is 0 Å². The molecule has 1 amide bonds. The van der Waals surface area contributed by atoms with Crippen molar-refractivity contribution in [1.82, 2.24) is 19.6 Å². The quantitative estimate of drug-likeness (QED) is 0.599. The van der Waals surface area contributed by atoms with Crippen molar-refractivity contribution >= 4 is 17.3 Å². The molecule has 1 atom stereocenters. The molecular weight excluding hydrogens is 292 g/mol. The number of aromatic nitrogens is 4. The lowest BCUT2D eigenvalue weighted by molar-refractivity contribution is -0.385. The molecule has 1 unspecified atom stereocenters. The highest BCUT2D eigenvalue weighted by atomic mass is 16.6. The van der Waals surface area contributed by atoms with Crippen molar-refractivity contribution in [3.05, 3.63) is 34.9 Å². The van der Waals surface area contributed by atoms with Gasteiger partial charge in [0.1, 0.15) is 19.1 Å². The van der Waals surface area contributed by atoms with Crippen LogP contribution in [0, 0.1) is 16.0 Å². The van der Waals surface area contributed by atoms with Gasteiger partial charge >= 0.3 is 5.69 Å². The average Bonchev–Trinajstić information content (AvgIpc) is 3.09. The van der Waals surface area contributed by atoms with E-state index in [0.717, 1.165) is 6.20 Å². The van der Waals surface area contributed by atoms with Crippen LogP contribution in [0.5, 0.6) is 0 Å². The van der Waals surface area contributed by atoms with E-state index in [9.17, 15) is 14.9 Å². The highest BCUT2D eigenvalue weighted by molar-refractivity contribution is 5.91. The first-order chi connectivity index (χ1) is 10.5. The number of amides is 1. The van der Waals surface area contributed by atoms with E-state index in [4.69, 9.17) is 4.74 Å². The van der Waals surface area contributed by atoms with E-state index in [1.54, 1.807) is 20.2 Å².